The second kappa shape index (κ2) is 5.53. The fourth-order valence-corrected chi connectivity index (χ4v) is 2.19. The lowest BCUT2D eigenvalue weighted by Gasteiger charge is -2.12. The van der Waals surface area contributed by atoms with Gasteiger partial charge < -0.3 is 4.57 Å². The molecule has 2 aromatic rings. The third-order valence-corrected chi connectivity index (χ3v) is 3.01. The number of aryl methyl sites for hydroxylation is 1. The number of halogens is 1. The van der Waals surface area contributed by atoms with Gasteiger partial charge in [0, 0.05) is 12.1 Å². The van der Waals surface area contributed by atoms with E-state index in [0.717, 1.165) is 23.8 Å². The topological polar surface area (TPSA) is 30.7 Å². The first kappa shape index (κ1) is 13.1. The molecular formula is C14H18ClN3. The van der Waals surface area contributed by atoms with Crippen molar-refractivity contribution in [1.82, 2.24) is 14.8 Å². The van der Waals surface area contributed by atoms with Gasteiger partial charge in [0.2, 0.25) is 0 Å². The molecule has 1 aromatic carbocycles. The highest BCUT2D eigenvalue weighted by Gasteiger charge is 2.14. The van der Waals surface area contributed by atoms with Gasteiger partial charge in [-0.25, -0.2) is 0 Å². The van der Waals surface area contributed by atoms with Gasteiger partial charge in [-0.15, -0.1) is 21.8 Å². The quantitative estimate of drug-likeness (QED) is 0.789. The van der Waals surface area contributed by atoms with E-state index in [4.69, 9.17) is 11.6 Å². The van der Waals surface area contributed by atoms with Crippen molar-refractivity contribution in [3.63, 3.8) is 0 Å². The molecule has 0 spiro atoms. The summed E-state index contributed by atoms with van der Waals surface area (Å²) in [6.45, 7) is 7.32. The molecule has 0 aliphatic rings. The second-order valence-electron chi connectivity index (χ2n) is 4.95. The molecule has 1 aromatic heterocycles. The van der Waals surface area contributed by atoms with Gasteiger partial charge in [-0.2, -0.15) is 0 Å². The largest absolute Gasteiger partial charge is 0.310 e. The van der Waals surface area contributed by atoms with E-state index in [1.54, 1.807) is 0 Å². The monoisotopic (exact) mass is 263 g/mol. The lowest BCUT2D eigenvalue weighted by Crippen LogP contribution is -2.09. The second-order valence-corrected chi connectivity index (χ2v) is 5.21. The molecule has 0 bridgehead atoms. The number of rotatable bonds is 4. The molecule has 18 heavy (non-hydrogen) atoms. The molecule has 0 aliphatic heterocycles. The molecule has 3 nitrogen and oxygen atoms in total. The maximum atomic E-state index is 5.92. The molecule has 0 atom stereocenters. The van der Waals surface area contributed by atoms with Crippen LogP contribution in [0.3, 0.4) is 0 Å². The van der Waals surface area contributed by atoms with Crippen molar-refractivity contribution in [3.8, 4) is 11.4 Å². The minimum atomic E-state index is 0.394. The van der Waals surface area contributed by atoms with Crippen molar-refractivity contribution < 1.29 is 0 Å². The summed E-state index contributed by atoms with van der Waals surface area (Å²) in [5.74, 6) is 2.67. The van der Waals surface area contributed by atoms with Crippen LogP contribution in [0.1, 0.15) is 25.2 Å². The Labute approximate surface area is 113 Å². The molecule has 0 unspecified atom stereocenters. The zero-order chi connectivity index (χ0) is 13.1. The van der Waals surface area contributed by atoms with Gasteiger partial charge in [-0.3, -0.25) is 0 Å². The SMILES string of the molecule is Cc1cccc(-c2nnc(CCl)n2CC(C)C)c1. The molecule has 0 N–H and O–H groups in total. The van der Waals surface area contributed by atoms with Crippen molar-refractivity contribution in [1.29, 1.82) is 0 Å². The summed E-state index contributed by atoms with van der Waals surface area (Å²) in [5.41, 5.74) is 2.32. The van der Waals surface area contributed by atoms with E-state index >= 15 is 0 Å². The van der Waals surface area contributed by atoms with Crippen LogP contribution in [0.5, 0.6) is 0 Å². The standard InChI is InChI=1S/C14H18ClN3/c1-10(2)9-18-13(8-15)16-17-14(18)12-6-4-5-11(3)7-12/h4-7,10H,8-9H2,1-3H3. The predicted molar refractivity (Wildman–Crippen MR) is 74.6 cm³/mol. The van der Waals surface area contributed by atoms with E-state index in [9.17, 15) is 0 Å². The van der Waals surface area contributed by atoms with Crippen molar-refractivity contribution in [2.75, 3.05) is 0 Å². The average molecular weight is 264 g/mol. The predicted octanol–water partition coefficient (Wildman–Crippen LogP) is 3.65. The van der Waals surface area contributed by atoms with E-state index in [2.05, 4.69) is 53.7 Å². The van der Waals surface area contributed by atoms with Crippen molar-refractivity contribution in [2.24, 2.45) is 5.92 Å². The van der Waals surface area contributed by atoms with Gasteiger partial charge in [0.1, 0.15) is 5.82 Å². The van der Waals surface area contributed by atoms with Crippen LogP contribution in [0.25, 0.3) is 11.4 Å². The summed E-state index contributed by atoms with van der Waals surface area (Å²) in [7, 11) is 0. The van der Waals surface area contributed by atoms with Gasteiger partial charge in [0.15, 0.2) is 5.82 Å². The highest BCUT2D eigenvalue weighted by Crippen LogP contribution is 2.21. The lowest BCUT2D eigenvalue weighted by molar-refractivity contribution is 0.515. The van der Waals surface area contributed by atoms with E-state index in [1.807, 2.05) is 6.07 Å². The molecule has 0 saturated heterocycles. The summed E-state index contributed by atoms with van der Waals surface area (Å²) >= 11 is 5.92. The Balaban J connectivity index is 2.47. The van der Waals surface area contributed by atoms with E-state index in [-0.39, 0.29) is 0 Å². The van der Waals surface area contributed by atoms with Crippen LogP contribution >= 0.6 is 11.6 Å². The normalized spacial score (nSPS) is 11.2. The fraction of sp³-hybridized carbons (Fsp3) is 0.429. The van der Waals surface area contributed by atoms with Crippen LogP contribution in [-0.2, 0) is 12.4 Å². The highest BCUT2D eigenvalue weighted by molar-refractivity contribution is 6.16. The number of hydrogen-bond donors (Lipinski definition) is 0. The summed E-state index contributed by atoms with van der Waals surface area (Å²) < 4.78 is 2.12. The zero-order valence-electron chi connectivity index (χ0n) is 11.0. The van der Waals surface area contributed by atoms with E-state index < -0.39 is 0 Å². The smallest absolute Gasteiger partial charge is 0.164 e. The Morgan fingerprint density at radius 2 is 2.06 bits per heavy atom. The van der Waals surface area contributed by atoms with Gasteiger partial charge in [-0.1, -0.05) is 37.6 Å². The Morgan fingerprint density at radius 3 is 2.67 bits per heavy atom. The number of hydrogen-bond acceptors (Lipinski definition) is 2. The molecule has 0 saturated carbocycles. The average Bonchev–Trinajstić information content (AvgIpc) is 2.71. The van der Waals surface area contributed by atoms with Crippen LogP contribution < -0.4 is 0 Å². The van der Waals surface area contributed by atoms with Gasteiger partial charge in [0.05, 0.1) is 5.88 Å². The van der Waals surface area contributed by atoms with E-state index in [0.29, 0.717) is 11.8 Å². The Bertz CT molecular complexity index is 532. The molecule has 96 valence electrons. The van der Waals surface area contributed by atoms with Crippen molar-refractivity contribution in [3.05, 3.63) is 35.7 Å². The number of benzene rings is 1. The van der Waals surface area contributed by atoms with Gasteiger partial charge in [0.25, 0.3) is 0 Å². The Hall–Kier alpha value is -1.35. The number of nitrogens with zero attached hydrogens (tertiary/aromatic N) is 3. The molecule has 2 rings (SSSR count). The fourth-order valence-electron chi connectivity index (χ4n) is 1.99. The maximum absolute atomic E-state index is 5.92. The van der Waals surface area contributed by atoms with Crippen LogP contribution in [0.2, 0.25) is 0 Å². The first-order valence-corrected chi connectivity index (χ1v) is 6.70. The lowest BCUT2D eigenvalue weighted by atomic mass is 10.1. The Morgan fingerprint density at radius 1 is 1.28 bits per heavy atom. The molecule has 0 aliphatic carbocycles. The first-order chi connectivity index (χ1) is 8.61. The molecule has 0 radical (unpaired) electrons. The Kier molecular flexibility index (Phi) is 4.02. The third-order valence-electron chi connectivity index (χ3n) is 2.77. The zero-order valence-corrected chi connectivity index (χ0v) is 11.8. The summed E-state index contributed by atoms with van der Waals surface area (Å²) in [4.78, 5) is 0. The van der Waals surface area contributed by atoms with Crippen molar-refractivity contribution >= 4 is 11.6 Å². The minimum absolute atomic E-state index is 0.394. The highest BCUT2D eigenvalue weighted by atomic mass is 35.5. The van der Waals surface area contributed by atoms with E-state index in [1.165, 1.54) is 5.56 Å². The van der Waals surface area contributed by atoms with Gasteiger partial charge in [-0.05, 0) is 18.9 Å². The van der Waals surface area contributed by atoms with Crippen LogP contribution in [0.15, 0.2) is 24.3 Å². The minimum Gasteiger partial charge on any atom is -0.310 e. The number of aromatic nitrogens is 3. The van der Waals surface area contributed by atoms with Crippen LogP contribution in [0.4, 0.5) is 0 Å². The maximum Gasteiger partial charge on any atom is 0.164 e. The summed E-state index contributed by atoms with van der Waals surface area (Å²) in [6, 6.07) is 8.30. The number of alkyl halides is 1. The van der Waals surface area contributed by atoms with Crippen molar-refractivity contribution in [2.45, 2.75) is 33.2 Å². The molecule has 0 fully saturated rings. The third kappa shape index (κ3) is 2.72. The molecule has 4 heteroatoms. The van der Waals surface area contributed by atoms with Crippen LogP contribution in [0, 0.1) is 12.8 Å². The first-order valence-electron chi connectivity index (χ1n) is 6.17. The van der Waals surface area contributed by atoms with Crippen LogP contribution in [-0.4, -0.2) is 14.8 Å². The summed E-state index contributed by atoms with van der Waals surface area (Å²) in [6.07, 6.45) is 0. The molecule has 0 amide bonds. The molecular weight excluding hydrogens is 246 g/mol. The summed E-state index contributed by atoms with van der Waals surface area (Å²) in [5, 5.41) is 8.45. The molecule has 1 heterocycles. The van der Waals surface area contributed by atoms with Gasteiger partial charge >= 0.3 is 0 Å².